The lowest BCUT2D eigenvalue weighted by atomic mass is 10.2. The molecular formula is C18H15N7OS2. The van der Waals surface area contributed by atoms with E-state index in [1.165, 1.54) is 22.8 Å². The molecule has 1 aromatic carbocycles. The molecule has 0 bridgehead atoms. The van der Waals surface area contributed by atoms with Crippen molar-refractivity contribution in [2.24, 2.45) is 0 Å². The number of aryl methyl sites for hydroxylation is 1. The van der Waals surface area contributed by atoms with Crippen LogP contribution in [-0.4, -0.2) is 42.3 Å². The summed E-state index contributed by atoms with van der Waals surface area (Å²) in [5.74, 6) is 0.377. The Balaban J connectivity index is 1.64. The summed E-state index contributed by atoms with van der Waals surface area (Å²) < 4.78 is 1.52. The van der Waals surface area contributed by atoms with Crippen LogP contribution in [0.3, 0.4) is 0 Å². The molecule has 0 aliphatic rings. The van der Waals surface area contributed by atoms with Crippen LogP contribution in [0, 0.1) is 6.92 Å². The smallest absolute Gasteiger partial charge is 0.260 e. The summed E-state index contributed by atoms with van der Waals surface area (Å²) in [4.78, 5) is 23.1. The summed E-state index contributed by atoms with van der Waals surface area (Å²) in [5.41, 5.74) is 2.48. The topological polar surface area (TPSA) is 98.5 Å². The van der Waals surface area contributed by atoms with Gasteiger partial charge in [0.05, 0.1) is 21.8 Å². The van der Waals surface area contributed by atoms with Crippen LogP contribution in [0.2, 0.25) is 0 Å². The standard InChI is InChI=1S/C18H15N7OS2/c1-11-15(18(27-2)22-16(20-11)14-7-4-8-28-14)17(26)21-12-5-3-6-13(9-12)25-10-19-23-24-25/h3-10H,1-2H3,(H,21,26). The highest BCUT2D eigenvalue weighted by molar-refractivity contribution is 7.98. The number of rotatable bonds is 5. The maximum atomic E-state index is 13.0. The molecule has 3 aromatic heterocycles. The van der Waals surface area contributed by atoms with Crippen LogP contribution in [0.15, 0.2) is 53.1 Å². The molecule has 3 heterocycles. The Bertz CT molecular complexity index is 1110. The summed E-state index contributed by atoms with van der Waals surface area (Å²) >= 11 is 2.99. The van der Waals surface area contributed by atoms with E-state index in [0.29, 0.717) is 27.8 Å². The van der Waals surface area contributed by atoms with Gasteiger partial charge in [-0.25, -0.2) is 14.6 Å². The molecule has 0 aliphatic carbocycles. The Hall–Kier alpha value is -3.11. The predicted molar refractivity (Wildman–Crippen MR) is 109 cm³/mol. The van der Waals surface area contributed by atoms with Gasteiger partial charge in [0.25, 0.3) is 5.91 Å². The van der Waals surface area contributed by atoms with Gasteiger partial charge >= 0.3 is 0 Å². The fourth-order valence-corrected chi connectivity index (χ4v) is 3.95. The second-order valence-electron chi connectivity index (χ2n) is 5.75. The van der Waals surface area contributed by atoms with E-state index >= 15 is 0 Å². The van der Waals surface area contributed by atoms with Crippen LogP contribution < -0.4 is 5.32 Å². The Morgan fingerprint density at radius 1 is 1.21 bits per heavy atom. The van der Waals surface area contributed by atoms with Crippen molar-refractivity contribution in [1.29, 1.82) is 0 Å². The van der Waals surface area contributed by atoms with Crippen LogP contribution in [-0.2, 0) is 0 Å². The maximum Gasteiger partial charge on any atom is 0.260 e. The van der Waals surface area contributed by atoms with E-state index in [1.54, 1.807) is 23.5 Å². The van der Waals surface area contributed by atoms with Crippen molar-refractivity contribution < 1.29 is 4.79 Å². The van der Waals surface area contributed by atoms with Gasteiger partial charge in [0.2, 0.25) is 0 Å². The fraction of sp³-hybridized carbons (Fsp3) is 0.111. The number of nitrogens with one attached hydrogen (secondary N) is 1. The second-order valence-corrected chi connectivity index (χ2v) is 7.50. The van der Waals surface area contributed by atoms with Crippen LogP contribution in [0.5, 0.6) is 0 Å². The third-order valence-electron chi connectivity index (χ3n) is 3.94. The predicted octanol–water partition coefficient (Wildman–Crippen LogP) is 3.46. The van der Waals surface area contributed by atoms with Crippen LogP contribution in [0.4, 0.5) is 5.69 Å². The largest absolute Gasteiger partial charge is 0.322 e. The molecule has 4 aromatic rings. The van der Waals surface area contributed by atoms with Gasteiger partial charge in [-0.3, -0.25) is 4.79 Å². The highest BCUT2D eigenvalue weighted by Gasteiger charge is 2.19. The highest BCUT2D eigenvalue weighted by Crippen LogP contribution is 2.28. The second kappa shape index (κ2) is 7.87. The summed E-state index contributed by atoms with van der Waals surface area (Å²) in [7, 11) is 0. The molecule has 1 amide bonds. The Morgan fingerprint density at radius 3 is 2.82 bits per heavy atom. The number of hydrogen-bond donors (Lipinski definition) is 1. The van der Waals surface area contributed by atoms with E-state index < -0.39 is 0 Å². The molecular weight excluding hydrogens is 394 g/mol. The first-order valence-electron chi connectivity index (χ1n) is 8.27. The Kier molecular flexibility index (Phi) is 5.13. The monoisotopic (exact) mass is 409 g/mol. The van der Waals surface area contributed by atoms with E-state index in [9.17, 15) is 4.79 Å². The Labute approximate surface area is 169 Å². The number of benzene rings is 1. The van der Waals surface area contributed by atoms with Gasteiger partial charge in [0, 0.05) is 5.69 Å². The SMILES string of the molecule is CSc1nc(-c2cccs2)nc(C)c1C(=O)Nc1cccc(-n2cnnn2)c1. The van der Waals surface area contributed by atoms with Crippen molar-refractivity contribution in [3.05, 3.63) is 59.4 Å². The van der Waals surface area contributed by atoms with Crippen molar-refractivity contribution >= 4 is 34.7 Å². The first kappa shape index (κ1) is 18.3. The molecule has 4 rings (SSSR count). The van der Waals surface area contributed by atoms with Crippen LogP contribution in [0.25, 0.3) is 16.4 Å². The van der Waals surface area contributed by atoms with Crippen molar-refractivity contribution in [2.45, 2.75) is 11.9 Å². The van der Waals surface area contributed by atoms with Crippen molar-refractivity contribution in [1.82, 2.24) is 30.2 Å². The number of hydrogen-bond acceptors (Lipinski definition) is 8. The van der Waals surface area contributed by atoms with Crippen molar-refractivity contribution in [2.75, 3.05) is 11.6 Å². The van der Waals surface area contributed by atoms with E-state index in [1.807, 2.05) is 42.8 Å². The van der Waals surface area contributed by atoms with Gasteiger partial charge in [-0.1, -0.05) is 12.1 Å². The number of thioether (sulfide) groups is 1. The van der Waals surface area contributed by atoms with Gasteiger partial charge in [-0.15, -0.1) is 28.2 Å². The molecule has 0 radical (unpaired) electrons. The van der Waals surface area contributed by atoms with Gasteiger partial charge in [0.15, 0.2) is 5.82 Å². The first-order chi connectivity index (χ1) is 13.7. The fourth-order valence-electron chi connectivity index (χ4n) is 2.67. The molecule has 1 N–H and O–H groups in total. The maximum absolute atomic E-state index is 13.0. The number of nitrogens with zero attached hydrogens (tertiary/aromatic N) is 6. The summed E-state index contributed by atoms with van der Waals surface area (Å²) in [5, 5.41) is 16.7. The minimum absolute atomic E-state index is 0.256. The lowest BCUT2D eigenvalue weighted by molar-refractivity contribution is 0.102. The number of anilines is 1. The normalized spacial score (nSPS) is 10.8. The minimum Gasteiger partial charge on any atom is -0.322 e. The molecule has 28 heavy (non-hydrogen) atoms. The number of carbonyl (C=O) groups is 1. The van der Waals surface area contributed by atoms with Gasteiger partial charge in [0.1, 0.15) is 11.4 Å². The molecule has 0 fully saturated rings. The molecule has 140 valence electrons. The molecule has 0 aliphatic heterocycles. The first-order valence-corrected chi connectivity index (χ1v) is 10.4. The van der Waals surface area contributed by atoms with E-state index in [2.05, 4.69) is 30.8 Å². The molecule has 0 spiro atoms. The van der Waals surface area contributed by atoms with Gasteiger partial charge < -0.3 is 5.32 Å². The van der Waals surface area contributed by atoms with Crippen LogP contribution in [0.1, 0.15) is 16.1 Å². The van der Waals surface area contributed by atoms with Gasteiger partial charge in [-0.05, 0) is 53.3 Å². The molecule has 8 nitrogen and oxygen atoms in total. The third kappa shape index (κ3) is 3.64. The third-order valence-corrected chi connectivity index (χ3v) is 5.48. The number of aromatic nitrogens is 6. The zero-order valence-electron chi connectivity index (χ0n) is 15.0. The molecule has 0 atom stereocenters. The summed E-state index contributed by atoms with van der Waals surface area (Å²) in [6, 6.07) is 11.2. The van der Waals surface area contributed by atoms with Crippen LogP contribution >= 0.6 is 23.1 Å². The van der Waals surface area contributed by atoms with Crippen molar-refractivity contribution in [3.8, 4) is 16.4 Å². The summed E-state index contributed by atoms with van der Waals surface area (Å²) in [6.45, 7) is 1.82. The minimum atomic E-state index is -0.256. The molecule has 0 saturated heterocycles. The van der Waals surface area contributed by atoms with Gasteiger partial charge in [-0.2, -0.15) is 0 Å². The molecule has 0 unspecified atom stereocenters. The number of amides is 1. The van der Waals surface area contributed by atoms with Crippen molar-refractivity contribution in [3.63, 3.8) is 0 Å². The lowest BCUT2D eigenvalue weighted by Gasteiger charge is -2.12. The molecule has 10 heteroatoms. The zero-order valence-corrected chi connectivity index (χ0v) is 16.7. The number of thiophene rings is 1. The molecule has 0 saturated carbocycles. The lowest BCUT2D eigenvalue weighted by Crippen LogP contribution is -2.17. The number of carbonyl (C=O) groups excluding carboxylic acids is 1. The van der Waals surface area contributed by atoms with E-state index in [-0.39, 0.29) is 5.91 Å². The zero-order chi connectivity index (χ0) is 19.5. The number of tetrazole rings is 1. The van der Waals surface area contributed by atoms with E-state index in [4.69, 9.17) is 0 Å². The van der Waals surface area contributed by atoms with E-state index in [0.717, 1.165) is 10.6 Å². The average molecular weight is 410 g/mol. The summed E-state index contributed by atoms with van der Waals surface area (Å²) in [6.07, 6.45) is 3.39. The quantitative estimate of drug-likeness (QED) is 0.398. The highest BCUT2D eigenvalue weighted by atomic mass is 32.2. The Morgan fingerprint density at radius 2 is 2.11 bits per heavy atom. The average Bonchev–Trinajstić information content (AvgIpc) is 3.41.